The lowest BCUT2D eigenvalue weighted by atomic mass is 10.4. The molecular weight excluding hydrogens is 280 g/mol. The Morgan fingerprint density at radius 2 is 1.85 bits per heavy atom. The van der Waals surface area contributed by atoms with E-state index in [2.05, 4.69) is 25.0 Å². The molecule has 0 unspecified atom stereocenters. The summed E-state index contributed by atoms with van der Waals surface area (Å²) in [6, 6.07) is 0.206. The first-order chi connectivity index (χ1) is 9.67. The number of rotatable bonds is 6. The van der Waals surface area contributed by atoms with Crippen LogP contribution < -0.4 is 4.74 Å². The second-order valence-corrected chi connectivity index (χ2v) is 4.44. The summed E-state index contributed by atoms with van der Waals surface area (Å²) in [6.45, 7) is 6.52. The molecule has 8 heteroatoms. The highest BCUT2D eigenvalue weighted by Crippen LogP contribution is 2.13. The van der Waals surface area contributed by atoms with Gasteiger partial charge in [0.05, 0.1) is 6.61 Å². The van der Waals surface area contributed by atoms with Crippen LogP contribution in [0.1, 0.15) is 38.8 Å². The van der Waals surface area contributed by atoms with Crippen molar-refractivity contribution in [2.24, 2.45) is 0 Å². The molecule has 0 radical (unpaired) electrons. The van der Waals surface area contributed by atoms with Crippen LogP contribution in [-0.4, -0.2) is 36.3 Å². The van der Waals surface area contributed by atoms with Crippen molar-refractivity contribution in [2.75, 3.05) is 6.61 Å². The van der Waals surface area contributed by atoms with Gasteiger partial charge in [0.25, 0.3) is 5.95 Å². The molecule has 0 saturated carbocycles. The number of halogens is 1. The summed E-state index contributed by atoms with van der Waals surface area (Å²) < 4.78 is 6.99. The minimum absolute atomic E-state index is 0.0803. The summed E-state index contributed by atoms with van der Waals surface area (Å²) in [7, 11) is 0. The number of aryl methyl sites for hydroxylation is 2. The topological polar surface area (TPSA) is 78.6 Å². The van der Waals surface area contributed by atoms with Crippen LogP contribution in [0, 0.1) is 0 Å². The van der Waals surface area contributed by atoms with Gasteiger partial charge in [-0.15, -0.1) is 5.10 Å². The van der Waals surface area contributed by atoms with Gasteiger partial charge in [0, 0.05) is 12.8 Å². The number of aromatic nitrogens is 6. The van der Waals surface area contributed by atoms with E-state index in [4.69, 9.17) is 16.3 Å². The van der Waals surface area contributed by atoms with Gasteiger partial charge >= 0.3 is 6.01 Å². The molecule has 2 rings (SSSR count). The Morgan fingerprint density at radius 1 is 1.05 bits per heavy atom. The summed E-state index contributed by atoms with van der Waals surface area (Å²) in [5, 5.41) is 4.45. The first-order valence-electron chi connectivity index (χ1n) is 6.67. The number of nitrogens with zero attached hydrogens (tertiary/aromatic N) is 6. The van der Waals surface area contributed by atoms with E-state index in [0.29, 0.717) is 12.6 Å². The van der Waals surface area contributed by atoms with Gasteiger partial charge in [-0.1, -0.05) is 20.8 Å². The zero-order chi connectivity index (χ0) is 14.5. The minimum Gasteiger partial charge on any atom is -0.463 e. The molecule has 2 aromatic rings. The van der Waals surface area contributed by atoms with Crippen LogP contribution >= 0.6 is 11.6 Å². The monoisotopic (exact) mass is 296 g/mol. The maximum atomic E-state index is 5.91. The van der Waals surface area contributed by atoms with Gasteiger partial charge in [0.2, 0.25) is 5.28 Å². The van der Waals surface area contributed by atoms with Crippen molar-refractivity contribution in [2.45, 2.75) is 40.0 Å². The SMILES string of the molecule is CCCOc1nc(Cl)nc(-n2nc(CC)nc2CC)n1. The second-order valence-electron chi connectivity index (χ2n) is 4.10. The van der Waals surface area contributed by atoms with Crippen LogP contribution in [0.5, 0.6) is 6.01 Å². The number of ether oxygens (including phenoxy) is 1. The van der Waals surface area contributed by atoms with Gasteiger partial charge in [0.1, 0.15) is 5.82 Å². The number of hydrogen-bond acceptors (Lipinski definition) is 6. The summed E-state index contributed by atoms with van der Waals surface area (Å²) in [5.74, 6) is 1.86. The fourth-order valence-electron chi connectivity index (χ4n) is 1.61. The molecule has 2 aromatic heterocycles. The van der Waals surface area contributed by atoms with Gasteiger partial charge in [-0.05, 0) is 18.0 Å². The largest absolute Gasteiger partial charge is 0.463 e. The molecule has 108 valence electrons. The third-order valence-corrected chi connectivity index (χ3v) is 2.72. The smallest absolute Gasteiger partial charge is 0.322 e. The zero-order valence-electron chi connectivity index (χ0n) is 11.8. The Kier molecular flexibility index (Phi) is 4.84. The van der Waals surface area contributed by atoms with Crippen LogP contribution in [-0.2, 0) is 12.8 Å². The molecule has 7 nitrogen and oxygen atoms in total. The molecule has 0 aliphatic heterocycles. The third kappa shape index (κ3) is 3.22. The van der Waals surface area contributed by atoms with E-state index in [1.807, 2.05) is 20.8 Å². The Hall–Kier alpha value is -1.76. The highest BCUT2D eigenvalue weighted by atomic mass is 35.5. The van der Waals surface area contributed by atoms with Crippen LogP contribution in [0.2, 0.25) is 5.28 Å². The Bertz CT molecular complexity index is 585. The van der Waals surface area contributed by atoms with Crippen molar-refractivity contribution in [3.05, 3.63) is 16.9 Å². The van der Waals surface area contributed by atoms with E-state index in [-0.39, 0.29) is 11.3 Å². The van der Waals surface area contributed by atoms with E-state index in [0.717, 1.165) is 30.9 Å². The molecule has 0 atom stereocenters. The lowest BCUT2D eigenvalue weighted by molar-refractivity contribution is 0.290. The molecule has 0 aliphatic rings. The first-order valence-corrected chi connectivity index (χ1v) is 7.05. The van der Waals surface area contributed by atoms with Crippen molar-refractivity contribution in [1.82, 2.24) is 29.7 Å². The van der Waals surface area contributed by atoms with Gasteiger partial charge in [-0.2, -0.15) is 19.6 Å². The molecule has 0 N–H and O–H groups in total. The van der Waals surface area contributed by atoms with E-state index in [9.17, 15) is 0 Å². The summed E-state index contributed by atoms with van der Waals surface area (Å²) >= 11 is 5.91. The first kappa shape index (κ1) is 14.6. The van der Waals surface area contributed by atoms with E-state index in [1.54, 1.807) is 4.68 Å². The quantitative estimate of drug-likeness (QED) is 0.811. The lowest BCUT2D eigenvalue weighted by Crippen LogP contribution is -2.10. The van der Waals surface area contributed by atoms with Crippen molar-refractivity contribution >= 4 is 11.6 Å². The molecule has 0 saturated heterocycles. The summed E-state index contributed by atoms with van der Waals surface area (Å²) in [4.78, 5) is 16.7. The van der Waals surface area contributed by atoms with E-state index < -0.39 is 0 Å². The van der Waals surface area contributed by atoms with Crippen LogP contribution in [0.15, 0.2) is 0 Å². The standard InChI is InChI=1S/C12H17ClN6O/c1-4-7-20-12-16-10(13)15-11(17-12)19-9(6-3)14-8(5-2)18-19/h4-7H2,1-3H3. The Labute approximate surface area is 122 Å². The predicted molar refractivity (Wildman–Crippen MR) is 74.3 cm³/mol. The molecule has 0 aliphatic carbocycles. The van der Waals surface area contributed by atoms with Gasteiger partial charge < -0.3 is 4.74 Å². The van der Waals surface area contributed by atoms with Gasteiger partial charge in [-0.25, -0.2) is 4.98 Å². The van der Waals surface area contributed by atoms with Gasteiger partial charge in [0.15, 0.2) is 5.82 Å². The Morgan fingerprint density at radius 3 is 2.50 bits per heavy atom. The van der Waals surface area contributed by atoms with Crippen molar-refractivity contribution in [3.63, 3.8) is 0 Å². The molecule has 0 bridgehead atoms. The minimum atomic E-state index is 0.0803. The maximum Gasteiger partial charge on any atom is 0.322 e. The molecule has 2 heterocycles. The molecule has 20 heavy (non-hydrogen) atoms. The van der Waals surface area contributed by atoms with Crippen LogP contribution in [0.3, 0.4) is 0 Å². The average Bonchev–Trinajstić information content (AvgIpc) is 2.88. The van der Waals surface area contributed by atoms with Crippen molar-refractivity contribution in [1.29, 1.82) is 0 Å². The molecular formula is C12H17ClN6O. The molecule has 0 fully saturated rings. The lowest BCUT2D eigenvalue weighted by Gasteiger charge is -2.06. The van der Waals surface area contributed by atoms with Crippen LogP contribution in [0.25, 0.3) is 5.95 Å². The predicted octanol–water partition coefficient (Wildman–Crippen LogP) is 2.02. The molecule has 0 spiro atoms. The van der Waals surface area contributed by atoms with E-state index in [1.165, 1.54) is 0 Å². The maximum absolute atomic E-state index is 5.91. The van der Waals surface area contributed by atoms with Gasteiger partial charge in [-0.3, -0.25) is 0 Å². The number of hydrogen-bond donors (Lipinski definition) is 0. The second kappa shape index (κ2) is 6.60. The fourth-order valence-corrected chi connectivity index (χ4v) is 1.75. The van der Waals surface area contributed by atoms with Crippen molar-refractivity contribution in [3.8, 4) is 12.0 Å². The highest BCUT2D eigenvalue weighted by Gasteiger charge is 2.14. The van der Waals surface area contributed by atoms with Crippen molar-refractivity contribution < 1.29 is 4.74 Å². The summed E-state index contributed by atoms with van der Waals surface area (Å²) in [6.07, 6.45) is 2.33. The Balaban J connectivity index is 2.40. The third-order valence-electron chi connectivity index (χ3n) is 2.55. The molecule has 0 aromatic carbocycles. The van der Waals surface area contributed by atoms with E-state index >= 15 is 0 Å². The van der Waals surface area contributed by atoms with Crippen LogP contribution in [0.4, 0.5) is 0 Å². The normalized spacial score (nSPS) is 10.8. The molecule has 0 amide bonds. The zero-order valence-corrected chi connectivity index (χ0v) is 12.6. The summed E-state index contributed by atoms with van der Waals surface area (Å²) in [5.41, 5.74) is 0. The highest BCUT2D eigenvalue weighted by molar-refractivity contribution is 6.28. The average molecular weight is 297 g/mol. The fraction of sp³-hybridized carbons (Fsp3) is 0.583.